The number of benzene rings is 2. The molecule has 0 spiro atoms. The molecule has 1 N–H and O–H groups in total. The summed E-state index contributed by atoms with van der Waals surface area (Å²) in [5.74, 6) is 0.444. The molecule has 2 nitrogen and oxygen atoms in total. The molecule has 0 saturated carbocycles. The second kappa shape index (κ2) is 4.04. The van der Waals surface area contributed by atoms with E-state index >= 15 is 0 Å². The summed E-state index contributed by atoms with van der Waals surface area (Å²) >= 11 is 0. The molecule has 1 atom stereocenters. The SMILES string of the molecule is COC1CCCc2c1cc1ccccc1c2O. The molecule has 1 aliphatic rings. The van der Waals surface area contributed by atoms with Crippen LogP contribution in [0.3, 0.4) is 0 Å². The molecule has 0 bridgehead atoms. The molecule has 88 valence electrons. The predicted molar refractivity (Wildman–Crippen MR) is 68.3 cm³/mol. The number of phenols is 1. The third kappa shape index (κ3) is 1.60. The van der Waals surface area contributed by atoms with Crippen LogP contribution in [-0.4, -0.2) is 12.2 Å². The third-order valence-corrected chi connectivity index (χ3v) is 3.69. The summed E-state index contributed by atoms with van der Waals surface area (Å²) in [7, 11) is 1.74. The van der Waals surface area contributed by atoms with Gasteiger partial charge in [-0.1, -0.05) is 24.3 Å². The summed E-state index contributed by atoms with van der Waals surface area (Å²) in [4.78, 5) is 0. The molecule has 0 fully saturated rings. The maximum atomic E-state index is 10.4. The lowest BCUT2D eigenvalue weighted by Gasteiger charge is -2.25. The molecule has 2 heteroatoms. The first-order valence-corrected chi connectivity index (χ1v) is 6.07. The van der Waals surface area contributed by atoms with Gasteiger partial charge in [-0.3, -0.25) is 0 Å². The fourth-order valence-electron chi connectivity index (χ4n) is 2.81. The highest BCUT2D eigenvalue weighted by Gasteiger charge is 2.23. The van der Waals surface area contributed by atoms with Crippen LogP contribution < -0.4 is 0 Å². The molecule has 17 heavy (non-hydrogen) atoms. The van der Waals surface area contributed by atoms with Crippen LogP contribution in [-0.2, 0) is 11.2 Å². The zero-order valence-corrected chi connectivity index (χ0v) is 9.94. The number of methoxy groups -OCH3 is 1. The summed E-state index contributed by atoms with van der Waals surface area (Å²) < 4.78 is 5.51. The number of hydrogen-bond donors (Lipinski definition) is 1. The van der Waals surface area contributed by atoms with Crippen molar-refractivity contribution in [2.45, 2.75) is 25.4 Å². The number of ether oxygens (including phenoxy) is 1. The number of rotatable bonds is 1. The van der Waals surface area contributed by atoms with E-state index in [2.05, 4.69) is 6.07 Å². The molecule has 0 aliphatic heterocycles. The van der Waals surface area contributed by atoms with Gasteiger partial charge in [0.2, 0.25) is 0 Å². The highest BCUT2D eigenvalue weighted by Crippen LogP contribution is 2.40. The van der Waals surface area contributed by atoms with E-state index in [0.29, 0.717) is 5.75 Å². The smallest absolute Gasteiger partial charge is 0.126 e. The second-order valence-electron chi connectivity index (χ2n) is 4.63. The van der Waals surface area contributed by atoms with E-state index in [1.165, 1.54) is 0 Å². The normalized spacial score (nSPS) is 19.2. The minimum Gasteiger partial charge on any atom is -0.507 e. The molecule has 0 aromatic heterocycles. The highest BCUT2D eigenvalue weighted by atomic mass is 16.5. The largest absolute Gasteiger partial charge is 0.507 e. The van der Waals surface area contributed by atoms with Crippen molar-refractivity contribution in [1.29, 1.82) is 0 Å². The van der Waals surface area contributed by atoms with Gasteiger partial charge in [-0.25, -0.2) is 0 Å². The van der Waals surface area contributed by atoms with Crippen molar-refractivity contribution in [2.75, 3.05) is 7.11 Å². The van der Waals surface area contributed by atoms with Crippen LogP contribution in [0.4, 0.5) is 0 Å². The summed E-state index contributed by atoms with van der Waals surface area (Å²) in [6.45, 7) is 0. The molecular formula is C15H16O2. The van der Waals surface area contributed by atoms with Gasteiger partial charge < -0.3 is 9.84 Å². The van der Waals surface area contributed by atoms with Crippen LogP contribution in [0.25, 0.3) is 10.8 Å². The van der Waals surface area contributed by atoms with E-state index in [4.69, 9.17) is 4.74 Å². The van der Waals surface area contributed by atoms with Crippen molar-refractivity contribution in [3.63, 3.8) is 0 Å². The van der Waals surface area contributed by atoms with Crippen LogP contribution in [0.15, 0.2) is 30.3 Å². The van der Waals surface area contributed by atoms with E-state index in [1.54, 1.807) is 7.11 Å². The molecule has 0 saturated heterocycles. The van der Waals surface area contributed by atoms with Crippen LogP contribution in [0.5, 0.6) is 5.75 Å². The van der Waals surface area contributed by atoms with Gasteiger partial charge in [-0.15, -0.1) is 0 Å². The van der Waals surface area contributed by atoms with E-state index in [0.717, 1.165) is 41.2 Å². The van der Waals surface area contributed by atoms with Crippen molar-refractivity contribution >= 4 is 10.8 Å². The Bertz CT molecular complexity index is 560. The number of hydrogen-bond acceptors (Lipinski definition) is 2. The molecule has 2 aromatic rings. The van der Waals surface area contributed by atoms with Crippen LogP contribution in [0.1, 0.15) is 30.1 Å². The Morgan fingerprint density at radius 2 is 2.12 bits per heavy atom. The fraction of sp³-hybridized carbons (Fsp3) is 0.333. The van der Waals surface area contributed by atoms with Gasteiger partial charge in [0.1, 0.15) is 5.75 Å². The second-order valence-corrected chi connectivity index (χ2v) is 4.63. The monoisotopic (exact) mass is 228 g/mol. The van der Waals surface area contributed by atoms with Gasteiger partial charge in [0.15, 0.2) is 0 Å². The zero-order valence-electron chi connectivity index (χ0n) is 9.94. The average Bonchev–Trinajstić information content (AvgIpc) is 2.38. The first kappa shape index (κ1) is 10.6. The van der Waals surface area contributed by atoms with Crippen molar-refractivity contribution < 1.29 is 9.84 Å². The van der Waals surface area contributed by atoms with Crippen LogP contribution in [0, 0.1) is 0 Å². The van der Waals surface area contributed by atoms with Gasteiger partial charge in [-0.05, 0) is 36.3 Å². The molecule has 2 aromatic carbocycles. The Kier molecular flexibility index (Phi) is 2.52. The fourth-order valence-corrected chi connectivity index (χ4v) is 2.81. The lowest BCUT2D eigenvalue weighted by atomic mass is 9.86. The lowest BCUT2D eigenvalue weighted by Crippen LogP contribution is -2.11. The molecular weight excluding hydrogens is 212 g/mol. The minimum atomic E-state index is 0.134. The maximum Gasteiger partial charge on any atom is 0.126 e. The van der Waals surface area contributed by atoms with Gasteiger partial charge in [0.25, 0.3) is 0 Å². The summed E-state index contributed by atoms with van der Waals surface area (Å²) in [5, 5.41) is 12.4. The first-order valence-electron chi connectivity index (χ1n) is 6.07. The lowest BCUT2D eigenvalue weighted by molar-refractivity contribution is 0.0878. The van der Waals surface area contributed by atoms with Crippen LogP contribution in [0.2, 0.25) is 0 Å². The van der Waals surface area contributed by atoms with E-state index in [9.17, 15) is 5.11 Å². The Labute approximate surface area is 101 Å². The Morgan fingerprint density at radius 3 is 2.94 bits per heavy atom. The standard InChI is InChI=1S/C15H16O2/c1-17-14-8-4-7-12-13(14)9-10-5-2-3-6-11(10)15(12)16/h2-3,5-6,9,14,16H,4,7-8H2,1H3. The number of fused-ring (bicyclic) bond motifs is 2. The predicted octanol–water partition coefficient (Wildman–Crippen LogP) is 3.57. The third-order valence-electron chi connectivity index (χ3n) is 3.69. The molecule has 0 heterocycles. The molecule has 0 amide bonds. The number of aromatic hydroxyl groups is 1. The van der Waals surface area contributed by atoms with Crippen molar-refractivity contribution in [3.8, 4) is 5.75 Å². The quantitative estimate of drug-likeness (QED) is 0.808. The van der Waals surface area contributed by atoms with Gasteiger partial charge in [0.05, 0.1) is 6.10 Å². The van der Waals surface area contributed by atoms with E-state index < -0.39 is 0 Å². The molecule has 1 unspecified atom stereocenters. The Hall–Kier alpha value is -1.54. The van der Waals surface area contributed by atoms with Gasteiger partial charge >= 0.3 is 0 Å². The van der Waals surface area contributed by atoms with Gasteiger partial charge in [-0.2, -0.15) is 0 Å². The summed E-state index contributed by atoms with van der Waals surface area (Å²) in [6.07, 6.45) is 3.21. The maximum absolute atomic E-state index is 10.4. The van der Waals surface area contributed by atoms with E-state index in [-0.39, 0.29) is 6.10 Å². The summed E-state index contributed by atoms with van der Waals surface area (Å²) in [5.41, 5.74) is 2.23. The zero-order chi connectivity index (χ0) is 11.8. The minimum absolute atomic E-state index is 0.134. The Morgan fingerprint density at radius 1 is 1.29 bits per heavy atom. The topological polar surface area (TPSA) is 29.5 Å². The average molecular weight is 228 g/mol. The van der Waals surface area contributed by atoms with Crippen molar-refractivity contribution in [2.24, 2.45) is 0 Å². The van der Waals surface area contributed by atoms with Crippen LogP contribution >= 0.6 is 0 Å². The summed E-state index contributed by atoms with van der Waals surface area (Å²) in [6, 6.07) is 10.1. The first-order chi connectivity index (χ1) is 8.31. The molecule has 1 aliphatic carbocycles. The van der Waals surface area contributed by atoms with E-state index in [1.807, 2.05) is 24.3 Å². The van der Waals surface area contributed by atoms with Crippen molar-refractivity contribution in [3.05, 3.63) is 41.5 Å². The molecule has 3 rings (SSSR count). The Balaban J connectivity index is 2.30. The van der Waals surface area contributed by atoms with Crippen molar-refractivity contribution in [1.82, 2.24) is 0 Å². The van der Waals surface area contributed by atoms with Gasteiger partial charge in [0, 0.05) is 18.1 Å². The molecule has 0 radical (unpaired) electrons. The highest BCUT2D eigenvalue weighted by molar-refractivity contribution is 5.90. The number of phenolic OH excluding ortho intramolecular Hbond substituents is 1.